The molecule has 0 spiro atoms. The van der Waals surface area contributed by atoms with Crippen LogP contribution in [0.1, 0.15) is 11.1 Å². The monoisotopic (exact) mass is 340 g/mol. The maximum absolute atomic E-state index is 5.55. The molecule has 0 amide bonds. The molecule has 0 fully saturated rings. The van der Waals surface area contributed by atoms with Gasteiger partial charge < -0.3 is 11.1 Å². The number of hydrogen-bond donors (Lipinski definition) is 2. The van der Waals surface area contributed by atoms with Gasteiger partial charge >= 0.3 is 0 Å². The zero-order valence-electron chi connectivity index (χ0n) is 9.23. The molecule has 1 aromatic heterocycles. The molecule has 0 aliphatic carbocycles. The van der Waals surface area contributed by atoms with Crippen LogP contribution >= 0.6 is 22.6 Å². The lowest BCUT2D eigenvalue weighted by Crippen LogP contribution is -2.04. The third kappa shape index (κ3) is 3.37. The van der Waals surface area contributed by atoms with E-state index in [1.807, 2.05) is 12.1 Å². The Balaban J connectivity index is 2.00. The average Bonchev–Trinajstić information content (AvgIpc) is 2.38. The Bertz CT molecular complexity index is 484. The number of aromatic nitrogens is 2. The van der Waals surface area contributed by atoms with Gasteiger partial charge in [0.25, 0.3) is 0 Å². The normalized spacial score (nSPS) is 10.2. The van der Waals surface area contributed by atoms with Crippen LogP contribution in [-0.2, 0) is 13.1 Å². The van der Waals surface area contributed by atoms with Crippen molar-refractivity contribution in [3.63, 3.8) is 0 Å². The number of benzene rings is 1. The molecule has 0 aliphatic heterocycles. The first kappa shape index (κ1) is 12.3. The fourth-order valence-corrected chi connectivity index (χ4v) is 1.91. The molecule has 2 aromatic rings. The minimum atomic E-state index is 0.581. The van der Waals surface area contributed by atoms with Crippen molar-refractivity contribution in [2.75, 3.05) is 5.32 Å². The molecule has 17 heavy (non-hydrogen) atoms. The standard InChI is InChI=1S/C12H13IN4/c13-11-7-15-8-17-12(11)16-6-10-3-1-9(5-14)2-4-10/h1-4,7-8H,5-6,14H2,(H,15,16,17). The van der Waals surface area contributed by atoms with Crippen molar-refractivity contribution in [3.05, 3.63) is 51.5 Å². The van der Waals surface area contributed by atoms with Crippen LogP contribution in [0.3, 0.4) is 0 Å². The zero-order valence-corrected chi connectivity index (χ0v) is 11.4. The lowest BCUT2D eigenvalue weighted by molar-refractivity contribution is 1.05. The molecule has 0 atom stereocenters. The second kappa shape index (κ2) is 5.92. The summed E-state index contributed by atoms with van der Waals surface area (Å²) in [6.07, 6.45) is 3.33. The molecule has 0 saturated carbocycles. The van der Waals surface area contributed by atoms with Crippen LogP contribution in [0.25, 0.3) is 0 Å². The topological polar surface area (TPSA) is 63.8 Å². The van der Waals surface area contributed by atoms with Crippen LogP contribution in [0.5, 0.6) is 0 Å². The van der Waals surface area contributed by atoms with Crippen LogP contribution in [0.4, 0.5) is 5.82 Å². The van der Waals surface area contributed by atoms with E-state index in [0.717, 1.165) is 21.5 Å². The van der Waals surface area contributed by atoms with Crippen molar-refractivity contribution < 1.29 is 0 Å². The van der Waals surface area contributed by atoms with Gasteiger partial charge in [0.1, 0.15) is 12.1 Å². The number of anilines is 1. The van der Waals surface area contributed by atoms with Gasteiger partial charge in [-0.15, -0.1) is 0 Å². The highest BCUT2D eigenvalue weighted by Crippen LogP contribution is 2.13. The van der Waals surface area contributed by atoms with Crippen molar-refractivity contribution in [1.82, 2.24) is 9.97 Å². The highest BCUT2D eigenvalue weighted by Gasteiger charge is 2.00. The van der Waals surface area contributed by atoms with Crippen molar-refractivity contribution >= 4 is 28.4 Å². The number of nitrogens with one attached hydrogen (secondary N) is 1. The zero-order chi connectivity index (χ0) is 12.1. The fraction of sp³-hybridized carbons (Fsp3) is 0.167. The van der Waals surface area contributed by atoms with Crippen LogP contribution in [0.2, 0.25) is 0 Å². The third-order valence-corrected chi connectivity index (χ3v) is 3.18. The summed E-state index contributed by atoms with van der Waals surface area (Å²) in [4.78, 5) is 8.13. The van der Waals surface area contributed by atoms with E-state index < -0.39 is 0 Å². The highest BCUT2D eigenvalue weighted by molar-refractivity contribution is 14.1. The van der Waals surface area contributed by atoms with E-state index in [1.54, 1.807) is 12.5 Å². The predicted molar refractivity (Wildman–Crippen MR) is 76.4 cm³/mol. The summed E-state index contributed by atoms with van der Waals surface area (Å²) in [7, 11) is 0. The van der Waals surface area contributed by atoms with Gasteiger partial charge in [0.15, 0.2) is 0 Å². The van der Waals surface area contributed by atoms with Crippen molar-refractivity contribution in [3.8, 4) is 0 Å². The number of rotatable bonds is 4. The lowest BCUT2D eigenvalue weighted by atomic mass is 10.1. The summed E-state index contributed by atoms with van der Waals surface area (Å²) >= 11 is 2.21. The Hall–Kier alpha value is -1.21. The van der Waals surface area contributed by atoms with Crippen LogP contribution < -0.4 is 11.1 Å². The summed E-state index contributed by atoms with van der Waals surface area (Å²) in [5, 5.41) is 3.28. The summed E-state index contributed by atoms with van der Waals surface area (Å²) < 4.78 is 1.02. The summed E-state index contributed by atoms with van der Waals surface area (Å²) in [5.74, 6) is 0.864. The first-order chi connectivity index (χ1) is 8.29. The van der Waals surface area contributed by atoms with Gasteiger partial charge in [0.05, 0.1) is 3.57 Å². The van der Waals surface area contributed by atoms with Crippen LogP contribution in [0.15, 0.2) is 36.8 Å². The Morgan fingerprint density at radius 1 is 1.18 bits per heavy atom. The molecule has 0 radical (unpaired) electrons. The molecule has 0 saturated heterocycles. The summed E-state index contributed by atoms with van der Waals surface area (Å²) in [6, 6.07) is 8.23. The van der Waals surface area contributed by atoms with E-state index >= 15 is 0 Å². The highest BCUT2D eigenvalue weighted by atomic mass is 127. The molecule has 0 bridgehead atoms. The molecule has 1 aromatic carbocycles. The number of nitrogens with zero attached hydrogens (tertiary/aromatic N) is 2. The molecular formula is C12H13IN4. The van der Waals surface area contributed by atoms with Crippen molar-refractivity contribution in [2.45, 2.75) is 13.1 Å². The van der Waals surface area contributed by atoms with Crippen LogP contribution in [0, 0.1) is 3.57 Å². The number of halogens is 1. The molecule has 88 valence electrons. The van der Waals surface area contributed by atoms with Crippen molar-refractivity contribution in [2.24, 2.45) is 5.73 Å². The maximum atomic E-state index is 5.55. The molecular weight excluding hydrogens is 327 g/mol. The quantitative estimate of drug-likeness (QED) is 0.838. The molecule has 0 aliphatic rings. The van der Waals surface area contributed by atoms with E-state index in [9.17, 15) is 0 Å². The van der Waals surface area contributed by atoms with Gasteiger partial charge in [-0.1, -0.05) is 24.3 Å². The van der Waals surface area contributed by atoms with E-state index in [4.69, 9.17) is 5.73 Å². The van der Waals surface area contributed by atoms with Gasteiger partial charge in [-0.25, -0.2) is 9.97 Å². The molecule has 1 heterocycles. The predicted octanol–water partition coefficient (Wildman–Crippen LogP) is 2.15. The first-order valence-electron chi connectivity index (χ1n) is 5.27. The van der Waals surface area contributed by atoms with E-state index in [0.29, 0.717) is 6.54 Å². The van der Waals surface area contributed by atoms with Gasteiger partial charge in [0.2, 0.25) is 0 Å². The van der Waals surface area contributed by atoms with E-state index in [2.05, 4.69) is 50.0 Å². The van der Waals surface area contributed by atoms with Gasteiger partial charge in [-0.3, -0.25) is 0 Å². The Kier molecular flexibility index (Phi) is 4.27. The minimum absolute atomic E-state index is 0.581. The molecule has 3 N–H and O–H groups in total. The Morgan fingerprint density at radius 3 is 2.53 bits per heavy atom. The fourth-order valence-electron chi connectivity index (χ4n) is 1.42. The Labute approximate surface area is 114 Å². The second-order valence-corrected chi connectivity index (χ2v) is 4.76. The molecule has 5 heteroatoms. The van der Waals surface area contributed by atoms with Crippen LogP contribution in [-0.4, -0.2) is 9.97 Å². The average molecular weight is 340 g/mol. The van der Waals surface area contributed by atoms with Gasteiger partial charge in [0, 0.05) is 19.3 Å². The largest absolute Gasteiger partial charge is 0.365 e. The third-order valence-electron chi connectivity index (χ3n) is 2.39. The van der Waals surface area contributed by atoms with Crippen molar-refractivity contribution in [1.29, 1.82) is 0 Å². The van der Waals surface area contributed by atoms with Gasteiger partial charge in [-0.05, 0) is 33.7 Å². The molecule has 0 unspecified atom stereocenters. The summed E-state index contributed by atoms with van der Waals surface area (Å²) in [5.41, 5.74) is 7.90. The molecule has 2 rings (SSSR count). The van der Waals surface area contributed by atoms with Gasteiger partial charge in [-0.2, -0.15) is 0 Å². The smallest absolute Gasteiger partial charge is 0.143 e. The van der Waals surface area contributed by atoms with E-state index in [1.165, 1.54) is 5.56 Å². The Morgan fingerprint density at radius 2 is 1.88 bits per heavy atom. The maximum Gasteiger partial charge on any atom is 0.143 e. The summed E-state index contributed by atoms with van der Waals surface area (Å²) in [6.45, 7) is 1.33. The number of nitrogens with two attached hydrogens (primary N) is 1. The number of hydrogen-bond acceptors (Lipinski definition) is 4. The SMILES string of the molecule is NCc1ccc(CNc2ncncc2I)cc1. The first-order valence-corrected chi connectivity index (χ1v) is 6.34. The minimum Gasteiger partial charge on any atom is -0.365 e. The van der Waals surface area contributed by atoms with E-state index in [-0.39, 0.29) is 0 Å². The molecule has 4 nitrogen and oxygen atoms in total. The second-order valence-electron chi connectivity index (χ2n) is 3.59. The lowest BCUT2D eigenvalue weighted by Gasteiger charge is -2.07.